The Kier molecular flexibility index (Phi) is 4.36. The molecule has 2 nitrogen and oxygen atoms in total. The highest BCUT2D eigenvalue weighted by Crippen LogP contribution is 2.32. The minimum Gasteiger partial charge on any atom is -0.259 e. The van der Waals surface area contributed by atoms with Crippen LogP contribution < -0.4 is 0 Å². The number of nitrogens with zero attached hydrogens (tertiary/aromatic N) is 1. The van der Waals surface area contributed by atoms with Crippen molar-refractivity contribution in [2.24, 2.45) is 5.92 Å². The fourth-order valence-electron chi connectivity index (χ4n) is 2.08. The van der Waals surface area contributed by atoms with Gasteiger partial charge in [0, 0.05) is 27.5 Å². The lowest BCUT2D eigenvalue weighted by molar-refractivity contribution is -0.137. The van der Waals surface area contributed by atoms with Gasteiger partial charge < -0.3 is 0 Å². The van der Waals surface area contributed by atoms with E-state index in [1.165, 1.54) is 36.3 Å². The van der Waals surface area contributed by atoms with Crippen LogP contribution in [0.5, 0.6) is 0 Å². The van der Waals surface area contributed by atoms with Crippen LogP contribution in [-0.2, 0) is 22.7 Å². The Morgan fingerprint density at radius 3 is 2.50 bits per heavy atom. The zero-order valence-corrected chi connectivity index (χ0v) is 13.2. The van der Waals surface area contributed by atoms with E-state index >= 15 is 0 Å². The van der Waals surface area contributed by atoms with Gasteiger partial charge in [-0.25, -0.2) is 4.98 Å². The Hall–Kier alpha value is -1.21. The van der Waals surface area contributed by atoms with Crippen molar-refractivity contribution >= 4 is 22.1 Å². The van der Waals surface area contributed by atoms with Crippen LogP contribution >= 0.6 is 11.3 Å². The molecular formula is C15H14F3NOS2. The molecule has 22 heavy (non-hydrogen) atoms. The molecule has 1 atom stereocenters. The smallest absolute Gasteiger partial charge is 0.259 e. The van der Waals surface area contributed by atoms with Gasteiger partial charge in [-0.1, -0.05) is 12.1 Å². The van der Waals surface area contributed by atoms with Gasteiger partial charge >= 0.3 is 6.18 Å². The number of thiazole rings is 1. The summed E-state index contributed by atoms with van der Waals surface area (Å²) in [7, 11) is -0.902. The summed E-state index contributed by atoms with van der Waals surface area (Å²) in [5.74, 6) is 1.76. The predicted octanol–water partition coefficient (Wildman–Crippen LogP) is 4.49. The van der Waals surface area contributed by atoms with Gasteiger partial charge in [0.25, 0.3) is 0 Å². The molecule has 1 fully saturated rings. The SMILES string of the molecule is O=[S@](Cc1csc(-c2ccc(C(F)(F)F)cc2)n1)CC1CC1. The summed E-state index contributed by atoms with van der Waals surface area (Å²) in [6, 6.07) is 4.96. The molecular weight excluding hydrogens is 331 g/mol. The molecule has 1 aromatic carbocycles. The van der Waals surface area contributed by atoms with Crippen LogP contribution in [0.1, 0.15) is 24.1 Å². The van der Waals surface area contributed by atoms with Gasteiger partial charge in [0.15, 0.2) is 0 Å². The molecule has 7 heteroatoms. The third-order valence-corrected chi connectivity index (χ3v) is 5.84. The van der Waals surface area contributed by atoms with Gasteiger partial charge in [0.2, 0.25) is 0 Å². The molecule has 3 rings (SSSR count). The normalized spacial score (nSPS) is 16.7. The maximum Gasteiger partial charge on any atom is 0.416 e. The molecule has 1 saturated carbocycles. The summed E-state index contributed by atoms with van der Waals surface area (Å²) in [4.78, 5) is 4.38. The lowest BCUT2D eigenvalue weighted by Gasteiger charge is -2.06. The molecule has 118 valence electrons. The van der Waals surface area contributed by atoms with E-state index in [0.29, 0.717) is 22.2 Å². The van der Waals surface area contributed by atoms with Gasteiger partial charge in [-0.05, 0) is 30.9 Å². The number of benzene rings is 1. The third kappa shape index (κ3) is 3.95. The number of rotatable bonds is 5. The fourth-order valence-corrected chi connectivity index (χ4v) is 4.46. The van der Waals surface area contributed by atoms with Crippen molar-refractivity contribution in [3.8, 4) is 10.6 Å². The first kappa shape index (κ1) is 15.7. The van der Waals surface area contributed by atoms with Gasteiger partial charge in [0.05, 0.1) is 17.0 Å². The maximum absolute atomic E-state index is 12.5. The molecule has 0 unspecified atom stereocenters. The molecule has 0 radical (unpaired) electrons. The molecule has 1 aliphatic carbocycles. The number of alkyl halides is 3. The van der Waals surface area contributed by atoms with Crippen molar-refractivity contribution in [2.45, 2.75) is 24.8 Å². The van der Waals surface area contributed by atoms with Crippen LogP contribution in [0.4, 0.5) is 13.2 Å². The molecule has 1 aliphatic rings. The average molecular weight is 345 g/mol. The summed E-state index contributed by atoms with van der Waals surface area (Å²) in [6.45, 7) is 0. The average Bonchev–Trinajstić information content (AvgIpc) is 3.14. The van der Waals surface area contributed by atoms with Crippen molar-refractivity contribution in [1.29, 1.82) is 0 Å². The zero-order valence-electron chi connectivity index (χ0n) is 11.6. The molecule has 0 aliphatic heterocycles. The van der Waals surface area contributed by atoms with Crippen LogP contribution in [0.25, 0.3) is 10.6 Å². The monoisotopic (exact) mass is 345 g/mol. The van der Waals surface area contributed by atoms with Crippen LogP contribution in [0.2, 0.25) is 0 Å². The number of hydrogen-bond acceptors (Lipinski definition) is 3. The van der Waals surface area contributed by atoms with E-state index in [-0.39, 0.29) is 0 Å². The number of halogens is 3. The van der Waals surface area contributed by atoms with Crippen molar-refractivity contribution < 1.29 is 17.4 Å². The Balaban J connectivity index is 1.68. The first-order valence-electron chi connectivity index (χ1n) is 6.89. The van der Waals surface area contributed by atoms with E-state index in [4.69, 9.17) is 0 Å². The maximum atomic E-state index is 12.5. The van der Waals surface area contributed by atoms with Crippen molar-refractivity contribution in [1.82, 2.24) is 4.98 Å². The number of aromatic nitrogens is 1. The van der Waals surface area contributed by atoms with Crippen LogP contribution in [0.3, 0.4) is 0 Å². The summed E-state index contributed by atoms with van der Waals surface area (Å²) in [6.07, 6.45) is -1.99. The molecule has 2 aromatic rings. The quantitative estimate of drug-likeness (QED) is 0.799. The highest BCUT2D eigenvalue weighted by molar-refractivity contribution is 7.84. The molecule has 0 spiro atoms. The minimum absolute atomic E-state index is 0.424. The third-order valence-electron chi connectivity index (χ3n) is 3.44. The summed E-state index contributed by atoms with van der Waals surface area (Å²) >= 11 is 1.37. The Morgan fingerprint density at radius 1 is 1.23 bits per heavy atom. The van der Waals surface area contributed by atoms with E-state index in [1.54, 1.807) is 0 Å². The second-order valence-electron chi connectivity index (χ2n) is 5.41. The molecule has 0 saturated heterocycles. The first-order chi connectivity index (χ1) is 10.4. The van der Waals surface area contributed by atoms with Gasteiger partial charge in [-0.3, -0.25) is 4.21 Å². The first-order valence-corrected chi connectivity index (χ1v) is 9.25. The van der Waals surface area contributed by atoms with E-state index in [9.17, 15) is 17.4 Å². The standard InChI is InChI=1S/C15H14F3NOS2/c16-15(17,18)12-5-3-11(4-6-12)14-19-13(7-21-14)9-22(20)8-10-1-2-10/h3-7,10H,1-2,8-9H2/t22-/m0/s1. The highest BCUT2D eigenvalue weighted by Gasteiger charge is 2.30. The van der Waals surface area contributed by atoms with E-state index in [1.807, 2.05) is 5.38 Å². The van der Waals surface area contributed by atoms with Gasteiger partial charge in [0.1, 0.15) is 5.01 Å². The lowest BCUT2D eigenvalue weighted by Crippen LogP contribution is -2.04. The summed E-state index contributed by atoms with van der Waals surface area (Å²) in [5.41, 5.74) is 0.731. The topological polar surface area (TPSA) is 30.0 Å². The fraction of sp³-hybridized carbons (Fsp3) is 0.400. The second-order valence-corrected chi connectivity index (χ2v) is 7.77. The Bertz CT molecular complexity index is 675. The summed E-state index contributed by atoms with van der Waals surface area (Å²) < 4.78 is 49.5. The minimum atomic E-state index is -4.33. The van der Waals surface area contributed by atoms with E-state index < -0.39 is 22.5 Å². The van der Waals surface area contributed by atoms with Crippen molar-refractivity contribution in [2.75, 3.05) is 5.75 Å². The molecule has 1 aromatic heterocycles. The predicted molar refractivity (Wildman–Crippen MR) is 82.0 cm³/mol. The largest absolute Gasteiger partial charge is 0.416 e. The van der Waals surface area contributed by atoms with Crippen molar-refractivity contribution in [3.63, 3.8) is 0 Å². The number of hydrogen-bond donors (Lipinski definition) is 0. The van der Waals surface area contributed by atoms with E-state index in [0.717, 1.165) is 23.6 Å². The van der Waals surface area contributed by atoms with Crippen LogP contribution in [-0.4, -0.2) is 14.9 Å². The highest BCUT2D eigenvalue weighted by atomic mass is 32.2. The molecule has 1 heterocycles. The van der Waals surface area contributed by atoms with E-state index in [2.05, 4.69) is 4.98 Å². The second kappa shape index (κ2) is 6.12. The van der Waals surface area contributed by atoms with Gasteiger partial charge in [-0.2, -0.15) is 13.2 Å². The van der Waals surface area contributed by atoms with Crippen LogP contribution in [0.15, 0.2) is 29.6 Å². The van der Waals surface area contributed by atoms with Gasteiger partial charge in [-0.15, -0.1) is 11.3 Å². The lowest BCUT2D eigenvalue weighted by atomic mass is 10.1. The molecule has 0 bridgehead atoms. The Morgan fingerprint density at radius 2 is 1.91 bits per heavy atom. The zero-order chi connectivity index (χ0) is 15.7. The summed E-state index contributed by atoms with van der Waals surface area (Å²) in [5, 5.41) is 2.49. The molecule has 0 amide bonds. The molecule has 0 N–H and O–H groups in total. The Labute approximate surface area is 132 Å². The van der Waals surface area contributed by atoms with Crippen molar-refractivity contribution in [3.05, 3.63) is 40.9 Å². The van der Waals surface area contributed by atoms with Crippen LogP contribution in [0, 0.1) is 5.92 Å².